The Hall–Kier alpha value is -3.19. The fourth-order valence-electron chi connectivity index (χ4n) is 3.40. The van der Waals surface area contributed by atoms with Crippen LogP contribution < -0.4 is 10.1 Å². The molecule has 1 aromatic heterocycles. The van der Waals surface area contributed by atoms with Gasteiger partial charge in [-0.15, -0.1) is 11.3 Å². The van der Waals surface area contributed by atoms with Crippen LogP contribution in [0, 0.1) is 20.8 Å². The molecule has 6 nitrogen and oxygen atoms in total. The molecule has 7 heteroatoms. The highest BCUT2D eigenvalue weighted by molar-refractivity contribution is 7.13. The number of thiazole rings is 1. The summed E-state index contributed by atoms with van der Waals surface area (Å²) in [7, 11) is 1.60. The Morgan fingerprint density at radius 3 is 2.35 bits per heavy atom. The van der Waals surface area contributed by atoms with Crippen molar-refractivity contribution in [2.75, 3.05) is 25.5 Å². The number of nitrogens with one attached hydrogen (secondary N) is 1. The summed E-state index contributed by atoms with van der Waals surface area (Å²) >= 11 is 1.39. The summed E-state index contributed by atoms with van der Waals surface area (Å²) in [6.45, 7) is 8.43. The van der Waals surface area contributed by atoms with Gasteiger partial charge in [-0.1, -0.05) is 17.7 Å². The minimum Gasteiger partial charge on any atom is -0.494 e. The number of rotatable bonds is 7. The van der Waals surface area contributed by atoms with E-state index in [1.165, 1.54) is 16.2 Å². The standard InChI is InChI=1S/C24H27N3O3S/c1-6-30-19-9-7-18(8-10-19)23-25-20(14-31-23)24(29)27(5)13-21(28)26-22-16(3)11-15(2)12-17(22)4/h7-12,14H,6,13H2,1-5H3,(H,26,28). The average Bonchev–Trinajstić information content (AvgIpc) is 3.21. The van der Waals surface area contributed by atoms with Gasteiger partial charge < -0.3 is 15.0 Å². The van der Waals surface area contributed by atoms with Crippen molar-refractivity contribution in [2.24, 2.45) is 0 Å². The molecule has 2 aromatic carbocycles. The van der Waals surface area contributed by atoms with Crippen molar-refractivity contribution in [3.63, 3.8) is 0 Å². The molecule has 1 N–H and O–H groups in total. The van der Waals surface area contributed by atoms with Crippen molar-refractivity contribution in [1.82, 2.24) is 9.88 Å². The zero-order valence-corrected chi connectivity index (χ0v) is 19.3. The van der Waals surface area contributed by atoms with Gasteiger partial charge >= 0.3 is 0 Å². The second-order valence-electron chi connectivity index (χ2n) is 7.48. The second kappa shape index (κ2) is 9.75. The van der Waals surface area contributed by atoms with Gasteiger partial charge in [-0.2, -0.15) is 0 Å². The molecule has 0 atom stereocenters. The van der Waals surface area contributed by atoms with Crippen LogP contribution in [-0.4, -0.2) is 41.9 Å². The fourth-order valence-corrected chi connectivity index (χ4v) is 4.20. The van der Waals surface area contributed by atoms with E-state index in [0.29, 0.717) is 12.3 Å². The van der Waals surface area contributed by atoms with Crippen molar-refractivity contribution in [2.45, 2.75) is 27.7 Å². The first-order valence-corrected chi connectivity index (χ1v) is 11.0. The number of likely N-dealkylation sites (N-methyl/N-ethyl adjacent to an activating group) is 1. The minimum atomic E-state index is -0.291. The van der Waals surface area contributed by atoms with Crippen LogP contribution in [0.15, 0.2) is 41.8 Å². The van der Waals surface area contributed by atoms with Crippen LogP contribution in [0.4, 0.5) is 5.69 Å². The molecule has 0 aliphatic carbocycles. The number of carbonyl (C=O) groups is 2. The molecular formula is C24H27N3O3S. The quantitative estimate of drug-likeness (QED) is 0.574. The normalized spacial score (nSPS) is 10.6. The van der Waals surface area contributed by atoms with Crippen LogP contribution in [0.25, 0.3) is 10.6 Å². The first kappa shape index (κ1) is 22.5. The summed E-state index contributed by atoms with van der Waals surface area (Å²) in [5.74, 6) is 0.262. The van der Waals surface area contributed by atoms with Gasteiger partial charge in [0.15, 0.2) is 0 Å². The molecule has 3 aromatic rings. The topological polar surface area (TPSA) is 71.5 Å². The molecule has 0 bridgehead atoms. The number of aromatic nitrogens is 1. The SMILES string of the molecule is CCOc1ccc(-c2nc(C(=O)N(C)CC(=O)Nc3c(C)cc(C)cc3C)cs2)cc1. The van der Waals surface area contributed by atoms with Gasteiger partial charge in [-0.3, -0.25) is 9.59 Å². The maximum atomic E-state index is 12.8. The average molecular weight is 438 g/mol. The van der Waals surface area contributed by atoms with Gasteiger partial charge in [0.25, 0.3) is 5.91 Å². The summed E-state index contributed by atoms with van der Waals surface area (Å²) in [6, 6.07) is 11.6. The van der Waals surface area contributed by atoms with E-state index >= 15 is 0 Å². The van der Waals surface area contributed by atoms with E-state index < -0.39 is 0 Å². The highest BCUT2D eigenvalue weighted by atomic mass is 32.1. The largest absolute Gasteiger partial charge is 0.494 e. The molecule has 0 radical (unpaired) electrons. The Labute approximate surface area is 186 Å². The first-order chi connectivity index (χ1) is 14.8. The van der Waals surface area contributed by atoms with Crippen molar-refractivity contribution >= 4 is 28.8 Å². The van der Waals surface area contributed by atoms with Gasteiger partial charge in [0.05, 0.1) is 13.2 Å². The number of benzene rings is 2. The maximum Gasteiger partial charge on any atom is 0.273 e. The van der Waals surface area contributed by atoms with Crippen LogP contribution in [0.3, 0.4) is 0 Å². The maximum absolute atomic E-state index is 12.8. The highest BCUT2D eigenvalue weighted by Gasteiger charge is 2.19. The van der Waals surface area contributed by atoms with Crippen LogP contribution in [0.2, 0.25) is 0 Å². The molecule has 0 aliphatic rings. The van der Waals surface area contributed by atoms with Gasteiger partial charge in [0.1, 0.15) is 16.5 Å². The number of amides is 2. The molecule has 1 heterocycles. The molecule has 0 fully saturated rings. The predicted octanol–water partition coefficient (Wildman–Crippen LogP) is 4.84. The first-order valence-electron chi connectivity index (χ1n) is 10.1. The number of anilines is 1. The van der Waals surface area contributed by atoms with E-state index in [4.69, 9.17) is 4.74 Å². The smallest absolute Gasteiger partial charge is 0.273 e. The predicted molar refractivity (Wildman–Crippen MR) is 125 cm³/mol. The number of hydrogen-bond acceptors (Lipinski definition) is 5. The second-order valence-corrected chi connectivity index (χ2v) is 8.34. The van der Waals surface area contributed by atoms with E-state index in [1.807, 2.05) is 64.1 Å². The van der Waals surface area contributed by atoms with Crippen molar-refractivity contribution in [3.8, 4) is 16.3 Å². The van der Waals surface area contributed by atoms with Gasteiger partial charge in [0, 0.05) is 23.7 Å². The molecule has 0 unspecified atom stereocenters. The monoisotopic (exact) mass is 437 g/mol. The number of nitrogens with zero attached hydrogens (tertiary/aromatic N) is 2. The number of ether oxygens (including phenoxy) is 1. The zero-order valence-electron chi connectivity index (χ0n) is 18.5. The number of aryl methyl sites for hydroxylation is 3. The Morgan fingerprint density at radius 1 is 1.10 bits per heavy atom. The van der Waals surface area contributed by atoms with E-state index in [-0.39, 0.29) is 18.4 Å². The summed E-state index contributed by atoms with van der Waals surface area (Å²) in [6.07, 6.45) is 0. The lowest BCUT2D eigenvalue weighted by Crippen LogP contribution is -2.35. The molecule has 3 rings (SSSR count). The van der Waals surface area contributed by atoms with Crippen LogP contribution in [-0.2, 0) is 4.79 Å². The van der Waals surface area contributed by atoms with E-state index in [9.17, 15) is 9.59 Å². The van der Waals surface area contributed by atoms with Crippen molar-refractivity contribution in [3.05, 3.63) is 64.2 Å². The Balaban J connectivity index is 1.64. The van der Waals surface area contributed by atoms with Gasteiger partial charge in [-0.05, 0) is 63.1 Å². The van der Waals surface area contributed by atoms with Crippen molar-refractivity contribution < 1.29 is 14.3 Å². The van der Waals surface area contributed by atoms with Gasteiger partial charge in [0.2, 0.25) is 5.91 Å². The van der Waals surface area contributed by atoms with E-state index in [0.717, 1.165) is 38.7 Å². The van der Waals surface area contributed by atoms with Crippen LogP contribution in [0.1, 0.15) is 34.1 Å². The molecule has 0 saturated carbocycles. The summed E-state index contributed by atoms with van der Waals surface area (Å²) in [5.41, 5.74) is 5.18. The van der Waals surface area contributed by atoms with E-state index in [1.54, 1.807) is 12.4 Å². The zero-order chi connectivity index (χ0) is 22.5. The molecule has 0 saturated heterocycles. The van der Waals surface area contributed by atoms with Crippen LogP contribution >= 0.6 is 11.3 Å². The Bertz CT molecular complexity index is 1070. The minimum absolute atomic E-state index is 0.0541. The molecule has 0 spiro atoms. The van der Waals surface area contributed by atoms with Gasteiger partial charge in [-0.25, -0.2) is 4.98 Å². The summed E-state index contributed by atoms with van der Waals surface area (Å²) in [5, 5.41) is 5.39. The van der Waals surface area contributed by atoms with Crippen LogP contribution in [0.5, 0.6) is 5.75 Å². The summed E-state index contributed by atoms with van der Waals surface area (Å²) < 4.78 is 5.46. The third kappa shape index (κ3) is 5.49. The van der Waals surface area contributed by atoms with E-state index in [2.05, 4.69) is 10.3 Å². The summed E-state index contributed by atoms with van der Waals surface area (Å²) in [4.78, 5) is 31.1. The lowest BCUT2D eigenvalue weighted by molar-refractivity contribution is -0.116. The number of carbonyl (C=O) groups excluding carboxylic acids is 2. The third-order valence-corrected chi connectivity index (χ3v) is 5.70. The fraction of sp³-hybridized carbons (Fsp3) is 0.292. The number of hydrogen-bond donors (Lipinski definition) is 1. The molecule has 31 heavy (non-hydrogen) atoms. The lowest BCUT2D eigenvalue weighted by Gasteiger charge is -2.17. The Kier molecular flexibility index (Phi) is 7.07. The Morgan fingerprint density at radius 2 is 1.74 bits per heavy atom. The highest BCUT2D eigenvalue weighted by Crippen LogP contribution is 2.26. The molecule has 162 valence electrons. The third-order valence-electron chi connectivity index (χ3n) is 4.80. The molecular weight excluding hydrogens is 410 g/mol. The van der Waals surface area contributed by atoms with Crippen molar-refractivity contribution in [1.29, 1.82) is 0 Å². The molecule has 0 aliphatic heterocycles. The molecule has 2 amide bonds. The lowest BCUT2D eigenvalue weighted by atomic mass is 10.1.